The van der Waals surface area contributed by atoms with Gasteiger partial charge in [0.15, 0.2) is 11.5 Å². The van der Waals surface area contributed by atoms with Crippen molar-refractivity contribution >= 4 is 18.3 Å². The molecule has 1 aromatic rings. The van der Waals surface area contributed by atoms with Gasteiger partial charge in [0.05, 0.1) is 6.10 Å². The van der Waals surface area contributed by atoms with Gasteiger partial charge in [-0.1, -0.05) is 18.9 Å². The summed E-state index contributed by atoms with van der Waals surface area (Å²) in [5.41, 5.74) is 6.84. The third-order valence-electron chi connectivity index (χ3n) is 5.98. The van der Waals surface area contributed by atoms with E-state index in [1.807, 2.05) is 6.07 Å². The van der Waals surface area contributed by atoms with Gasteiger partial charge in [-0.2, -0.15) is 0 Å². The van der Waals surface area contributed by atoms with Gasteiger partial charge in [-0.3, -0.25) is 4.79 Å². The van der Waals surface area contributed by atoms with E-state index in [4.69, 9.17) is 19.9 Å². The second-order valence-corrected chi connectivity index (χ2v) is 7.62. The minimum absolute atomic E-state index is 0. The number of ether oxygens (including phenoxy) is 3. The Kier molecular flexibility index (Phi) is 6.50. The average molecular weight is 397 g/mol. The van der Waals surface area contributed by atoms with Crippen molar-refractivity contribution in [2.45, 2.75) is 56.1 Å². The molecule has 0 bridgehead atoms. The Morgan fingerprint density at radius 2 is 1.89 bits per heavy atom. The summed E-state index contributed by atoms with van der Waals surface area (Å²) in [6.45, 7) is 2.30. The largest absolute Gasteiger partial charge is 0.486 e. The number of benzene rings is 1. The third-order valence-corrected chi connectivity index (χ3v) is 5.98. The predicted molar refractivity (Wildman–Crippen MR) is 105 cm³/mol. The molecule has 27 heavy (non-hydrogen) atoms. The van der Waals surface area contributed by atoms with Crippen LogP contribution in [-0.2, 0) is 14.9 Å². The Morgan fingerprint density at radius 1 is 1.15 bits per heavy atom. The monoisotopic (exact) mass is 396 g/mol. The number of fused-ring (bicyclic) bond motifs is 1. The van der Waals surface area contributed by atoms with Crippen LogP contribution in [-0.4, -0.2) is 44.4 Å². The molecule has 0 spiro atoms. The summed E-state index contributed by atoms with van der Waals surface area (Å²) in [4.78, 5) is 12.5. The summed E-state index contributed by atoms with van der Waals surface area (Å²) in [5.74, 6) is 1.62. The number of hydrogen-bond acceptors (Lipinski definition) is 5. The van der Waals surface area contributed by atoms with E-state index in [1.165, 1.54) is 18.4 Å². The van der Waals surface area contributed by atoms with Crippen LogP contribution in [0, 0.1) is 0 Å². The van der Waals surface area contributed by atoms with Crippen LogP contribution in [0.2, 0.25) is 0 Å². The molecule has 0 aromatic heterocycles. The molecule has 2 aliphatic heterocycles. The van der Waals surface area contributed by atoms with Crippen molar-refractivity contribution in [1.82, 2.24) is 5.32 Å². The summed E-state index contributed by atoms with van der Waals surface area (Å²) >= 11 is 0. The van der Waals surface area contributed by atoms with Gasteiger partial charge in [-0.15, -0.1) is 12.4 Å². The maximum absolute atomic E-state index is 12.5. The quantitative estimate of drug-likeness (QED) is 0.798. The van der Waals surface area contributed by atoms with Crippen molar-refractivity contribution in [3.05, 3.63) is 23.8 Å². The highest BCUT2D eigenvalue weighted by atomic mass is 35.5. The molecule has 1 saturated carbocycles. The van der Waals surface area contributed by atoms with E-state index >= 15 is 0 Å². The van der Waals surface area contributed by atoms with Crippen LogP contribution in [0.1, 0.15) is 44.1 Å². The molecule has 1 aromatic carbocycles. The van der Waals surface area contributed by atoms with E-state index in [9.17, 15) is 4.79 Å². The maximum atomic E-state index is 12.5. The molecule has 7 heteroatoms. The summed E-state index contributed by atoms with van der Waals surface area (Å²) < 4.78 is 17.1. The minimum Gasteiger partial charge on any atom is -0.486 e. The smallest absolute Gasteiger partial charge is 0.249 e. The molecule has 2 atom stereocenters. The predicted octanol–water partition coefficient (Wildman–Crippen LogP) is 2.31. The van der Waals surface area contributed by atoms with Crippen molar-refractivity contribution in [2.75, 3.05) is 26.3 Å². The zero-order valence-corrected chi connectivity index (χ0v) is 16.4. The molecule has 4 rings (SSSR count). The number of nitrogens with two attached hydrogens (primary N) is 1. The van der Waals surface area contributed by atoms with Crippen LogP contribution in [0.15, 0.2) is 18.2 Å². The summed E-state index contributed by atoms with van der Waals surface area (Å²) in [6.07, 6.45) is 5.78. The SMILES string of the molecule is Cl.NC[C@H]1CC[C@@H](C(=O)NCC2(c3ccc4c(c3)OCCO4)CCCC2)O1. The number of carbonyl (C=O) groups excluding carboxylic acids is 1. The van der Waals surface area contributed by atoms with Gasteiger partial charge in [0, 0.05) is 18.5 Å². The number of halogens is 1. The second kappa shape index (κ2) is 8.67. The lowest BCUT2D eigenvalue weighted by molar-refractivity contribution is -0.132. The molecule has 0 radical (unpaired) electrons. The Bertz CT molecular complexity index is 663. The summed E-state index contributed by atoms with van der Waals surface area (Å²) in [6, 6.07) is 6.22. The molecular formula is C20H29ClN2O4. The maximum Gasteiger partial charge on any atom is 0.249 e. The lowest BCUT2D eigenvalue weighted by Gasteiger charge is -2.31. The van der Waals surface area contributed by atoms with Crippen LogP contribution in [0.5, 0.6) is 11.5 Å². The zero-order valence-electron chi connectivity index (χ0n) is 15.6. The van der Waals surface area contributed by atoms with E-state index in [1.54, 1.807) is 0 Å². The first-order valence-corrected chi connectivity index (χ1v) is 9.74. The molecule has 1 saturated heterocycles. The van der Waals surface area contributed by atoms with Gasteiger partial charge in [-0.25, -0.2) is 0 Å². The molecule has 6 nitrogen and oxygen atoms in total. The number of hydrogen-bond donors (Lipinski definition) is 2. The highest BCUT2D eigenvalue weighted by Crippen LogP contribution is 2.43. The fourth-order valence-corrected chi connectivity index (χ4v) is 4.43. The highest BCUT2D eigenvalue weighted by molar-refractivity contribution is 5.85. The first kappa shape index (κ1) is 20.2. The Balaban J connectivity index is 0.00000210. The summed E-state index contributed by atoms with van der Waals surface area (Å²) in [7, 11) is 0. The lowest BCUT2D eigenvalue weighted by Crippen LogP contribution is -2.43. The molecule has 1 aliphatic carbocycles. The molecule has 3 aliphatic rings. The lowest BCUT2D eigenvalue weighted by atomic mass is 9.78. The first-order chi connectivity index (χ1) is 12.7. The van der Waals surface area contributed by atoms with E-state index in [0.717, 1.165) is 37.2 Å². The molecule has 0 unspecified atom stereocenters. The molecule has 2 fully saturated rings. The summed E-state index contributed by atoms with van der Waals surface area (Å²) in [5, 5.41) is 3.15. The number of rotatable bonds is 5. The van der Waals surface area contributed by atoms with Crippen molar-refractivity contribution < 1.29 is 19.0 Å². The van der Waals surface area contributed by atoms with Gasteiger partial charge in [0.1, 0.15) is 19.3 Å². The number of amides is 1. The van der Waals surface area contributed by atoms with E-state index < -0.39 is 0 Å². The van der Waals surface area contributed by atoms with Gasteiger partial charge < -0.3 is 25.3 Å². The van der Waals surface area contributed by atoms with Crippen LogP contribution in [0.3, 0.4) is 0 Å². The van der Waals surface area contributed by atoms with E-state index in [-0.39, 0.29) is 35.9 Å². The standard InChI is InChI=1S/C20H28N2O4.ClH/c21-12-15-4-6-17(26-15)19(23)22-13-20(7-1-2-8-20)14-3-5-16-18(11-14)25-10-9-24-16;/h3,5,11,15,17H,1-2,4,6-10,12-13,21H2,(H,22,23);1H/t15-,17+;/m1./s1. The highest BCUT2D eigenvalue weighted by Gasteiger charge is 2.38. The molecular weight excluding hydrogens is 368 g/mol. The van der Waals surface area contributed by atoms with E-state index in [0.29, 0.717) is 26.3 Å². The molecule has 3 N–H and O–H groups in total. The molecule has 2 heterocycles. The second-order valence-electron chi connectivity index (χ2n) is 7.62. The van der Waals surface area contributed by atoms with Crippen LogP contribution in [0.25, 0.3) is 0 Å². The minimum atomic E-state index is -0.359. The number of carbonyl (C=O) groups is 1. The third kappa shape index (κ3) is 4.18. The molecule has 150 valence electrons. The number of nitrogens with one attached hydrogen (secondary N) is 1. The van der Waals surface area contributed by atoms with Gasteiger partial charge in [0.25, 0.3) is 0 Å². The molecule has 1 amide bonds. The Morgan fingerprint density at radius 3 is 2.59 bits per heavy atom. The average Bonchev–Trinajstić information content (AvgIpc) is 3.36. The first-order valence-electron chi connectivity index (χ1n) is 9.74. The normalized spacial score (nSPS) is 25.7. The van der Waals surface area contributed by atoms with Crippen molar-refractivity contribution in [2.24, 2.45) is 5.73 Å². The van der Waals surface area contributed by atoms with Crippen molar-refractivity contribution in [3.63, 3.8) is 0 Å². The fraction of sp³-hybridized carbons (Fsp3) is 0.650. The van der Waals surface area contributed by atoms with Crippen LogP contribution in [0.4, 0.5) is 0 Å². The van der Waals surface area contributed by atoms with Gasteiger partial charge >= 0.3 is 0 Å². The van der Waals surface area contributed by atoms with E-state index in [2.05, 4.69) is 17.4 Å². The Labute approximate surface area is 166 Å². The van der Waals surface area contributed by atoms with Crippen LogP contribution < -0.4 is 20.5 Å². The zero-order chi connectivity index (χ0) is 18.0. The fourth-order valence-electron chi connectivity index (χ4n) is 4.43. The topological polar surface area (TPSA) is 82.8 Å². The van der Waals surface area contributed by atoms with Crippen molar-refractivity contribution in [3.8, 4) is 11.5 Å². The van der Waals surface area contributed by atoms with Crippen molar-refractivity contribution in [1.29, 1.82) is 0 Å². The van der Waals surface area contributed by atoms with Gasteiger partial charge in [0.2, 0.25) is 5.91 Å². The van der Waals surface area contributed by atoms with Crippen LogP contribution >= 0.6 is 12.4 Å². The van der Waals surface area contributed by atoms with Gasteiger partial charge in [-0.05, 0) is 43.4 Å². The Hall–Kier alpha value is -1.50.